The van der Waals surface area contributed by atoms with Gasteiger partial charge in [-0.05, 0) is 55.2 Å². The van der Waals surface area contributed by atoms with Gasteiger partial charge in [0.1, 0.15) is 6.54 Å². The topological polar surface area (TPSA) is 67.2 Å². The zero-order chi connectivity index (χ0) is 27.2. The molecule has 1 aliphatic heterocycles. The van der Waals surface area contributed by atoms with Gasteiger partial charge in [0.25, 0.3) is 0 Å². The van der Waals surface area contributed by atoms with E-state index in [0.29, 0.717) is 37.7 Å². The molecule has 38 heavy (non-hydrogen) atoms. The first-order valence-corrected chi connectivity index (χ1v) is 13.5. The number of urea groups is 1. The Morgan fingerprint density at radius 2 is 1.87 bits per heavy atom. The molecule has 1 saturated heterocycles. The molecule has 0 atom stereocenters. The van der Waals surface area contributed by atoms with Crippen LogP contribution in [0.4, 0.5) is 10.5 Å². The van der Waals surface area contributed by atoms with Gasteiger partial charge in [0.15, 0.2) is 11.5 Å². The molecule has 1 aliphatic rings. The van der Waals surface area contributed by atoms with E-state index in [2.05, 4.69) is 26.0 Å². The minimum atomic E-state index is -0.0183. The first-order chi connectivity index (χ1) is 18.3. The number of aromatic nitrogens is 1. The number of hydrogen-bond acceptors (Lipinski definition) is 4. The van der Waals surface area contributed by atoms with Crippen LogP contribution < -0.4 is 14.4 Å². The van der Waals surface area contributed by atoms with E-state index in [4.69, 9.17) is 9.47 Å². The van der Waals surface area contributed by atoms with E-state index in [1.54, 1.807) is 26.1 Å². The molecule has 1 fully saturated rings. The molecule has 4 rings (SSSR count). The predicted molar refractivity (Wildman–Crippen MR) is 151 cm³/mol. The summed E-state index contributed by atoms with van der Waals surface area (Å²) in [5, 5.41) is 1.07. The number of amides is 3. The van der Waals surface area contributed by atoms with E-state index in [-0.39, 0.29) is 18.5 Å². The summed E-state index contributed by atoms with van der Waals surface area (Å²) in [5.41, 5.74) is 4.01. The molecule has 3 aromatic rings. The number of ether oxygens (including phenoxy) is 2. The molecule has 204 valence electrons. The van der Waals surface area contributed by atoms with E-state index >= 15 is 0 Å². The van der Waals surface area contributed by atoms with Crippen molar-refractivity contribution < 1.29 is 19.1 Å². The third-order valence-electron chi connectivity index (χ3n) is 7.06. The van der Waals surface area contributed by atoms with Crippen molar-refractivity contribution in [3.63, 3.8) is 0 Å². The largest absolute Gasteiger partial charge is 0.493 e. The number of nitrogens with zero attached hydrogens (tertiary/aromatic N) is 4. The average molecular weight is 521 g/mol. The smallest absolute Gasteiger partial charge is 0.324 e. The summed E-state index contributed by atoms with van der Waals surface area (Å²) in [6.07, 6.45) is 6.06. The van der Waals surface area contributed by atoms with Gasteiger partial charge in [-0.3, -0.25) is 9.69 Å². The maximum absolute atomic E-state index is 13.7. The van der Waals surface area contributed by atoms with Crippen molar-refractivity contribution in [1.82, 2.24) is 14.4 Å². The fourth-order valence-corrected chi connectivity index (χ4v) is 4.94. The molecule has 0 unspecified atom stereocenters. The van der Waals surface area contributed by atoms with Gasteiger partial charge in [-0.25, -0.2) is 4.79 Å². The predicted octanol–water partition coefficient (Wildman–Crippen LogP) is 5.45. The normalized spacial score (nSPS) is 13.8. The Balaban J connectivity index is 1.55. The van der Waals surface area contributed by atoms with Crippen molar-refractivity contribution in [2.24, 2.45) is 0 Å². The standard InChI is InChI=1S/C30H40N4O4/c1-6-7-8-16-38-28-19-24(10-11-27(28)37-5)34-14-9-13-33(30(34)36)20-23-17-22(2)18-26-25(23)12-15-32(26)21-29(35)31(3)4/h10-12,15,17-19H,6-9,13-14,16,20-21H2,1-5H3. The number of benzene rings is 2. The van der Waals surface area contributed by atoms with E-state index in [1.807, 2.05) is 44.8 Å². The molecule has 0 bridgehead atoms. The molecule has 0 radical (unpaired) electrons. The molecule has 2 heterocycles. The Hall–Kier alpha value is -3.68. The Labute approximate surface area is 225 Å². The van der Waals surface area contributed by atoms with Gasteiger partial charge in [0.05, 0.1) is 13.7 Å². The van der Waals surface area contributed by atoms with Gasteiger partial charge in [-0.15, -0.1) is 0 Å². The maximum atomic E-state index is 13.7. The van der Waals surface area contributed by atoms with Gasteiger partial charge >= 0.3 is 6.03 Å². The van der Waals surface area contributed by atoms with Crippen molar-refractivity contribution in [3.05, 3.63) is 53.7 Å². The summed E-state index contributed by atoms with van der Waals surface area (Å²) >= 11 is 0. The molecular formula is C30H40N4O4. The molecule has 2 aromatic carbocycles. The summed E-state index contributed by atoms with van der Waals surface area (Å²) in [7, 11) is 5.17. The van der Waals surface area contributed by atoms with Crippen molar-refractivity contribution >= 4 is 28.5 Å². The average Bonchev–Trinajstić information content (AvgIpc) is 3.30. The van der Waals surface area contributed by atoms with Crippen LogP contribution in [0.5, 0.6) is 11.5 Å². The van der Waals surface area contributed by atoms with Crippen LogP contribution in [-0.4, -0.2) is 67.2 Å². The molecule has 8 nitrogen and oxygen atoms in total. The Kier molecular flexibility index (Phi) is 8.81. The van der Waals surface area contributed by atoms with Gasteiger partial charge in [-0.2, -0.15) is 0 Å². The lowest BCUT2D eigenvalue weighted by molar-refractivity contribution is -0.129. The molecule has 0 aliphatic carbocycles. The zero-order valence-electron chi connectivity index (χ0n) is 23.3. The number of carbonyl (C=O) groups is 2. The van der Waals surface area contributed by atoms with Crippen LogP contribution in [0.15, 0.2) is 42.6 Å². The Morgan fingerprint density at radius 1 is 1.05 bits per heavy atom. The van der Waals surface area contributed by atoms with E-state index in [9.17, 15) is 9.59 Å². The number of methoxy groups -OCH3 is 1. The minimum absolute atomic E-state index is 0.0183. The second-order valence-electron chi connectivity index (χ2n) is 10.2. The quantitative estimate of drug-likeness (QED) is 0.316. The maximum Gasteiger partial charge on any atom is 0.324 e. The van der Waals surface area contributed by atoms with Crippen LogP contribution in [-0.2, 0) is 17.9 Å². The second-order valence-corrected chi connectivity index (χ2v) is 10.2. The third kappa shape index (κ3) is 6.06. The molecule has 0 saturated carbocycles. The number of anilines is 1. The van der Waals surface area contributed by atoms with E-state index < -0.39 is 0 Å². The molecular weight excluding hydrogens is 480 g/mol. The van der Waals surface area contributed by atoms with Crippen LogP contribution in [0.2, 0.25) is 0 Å². The second kappa shape index (κ2) is 12.2. The summed E-state index contributed by atoms with van der Waals surface area (Å²) in [6.45, 7) is 6.99. The van der Waals surface area contributed by atoms with Gasteiger partial charge < -0.3 is 23.8 Å². The van der Waals surface area contributed by atoms with E-state index in [0.717, 1.165) is 53.4 Å². The lowest BCUT2D eigenvalue weighted by Gasteiger charge is -2.36. The number of unbranched alkanes of at least 4 members (excludes halogenated alkanes) is 2. The highest BCUT2D eigenvalue weighted by Gasteiger charge is 2.28. The number of aryl methyl sites for hydroxylation is 1. The first kappa shape index (κ1) is 27.4. The van der Waals surface area contributed by atoms with Crippen molar-refractivity contribution in [3.8, 4) is 11.5 Å². The molecule has 0 N–H and O–H groups in total. The number of hydrogen-bond donors (Lipinski definition) is 0. The fraction of sp³-hybridized carbons (Fsp3) is 0.467. The van der Waals surface area contributed by atoms with Gasteiger partial charge in [0.2, 0.25) is 5.91 Å². The van der Waals surface area contributed by atoms with Gasteiger partial charge in [0, 0.05) is 62.6 Å². The lowest BCUT2D eigenvalue weighted by atomic mass is 10.1. The highest BCUT2D eigenvalue weighted by atomic mass is 16.5. The Bertz CT molecular complexity index is 1280. The number of carbonyl (C=O) groups excluding carboxylic acids is 2. The number of fused-ring (bicyclic) bond motifs is 1. The zero-order valence-corrected chi connectivity index (χ0v) is 23.3. The summed E-state index contributed by atoms with van der Waals surface area (Å²) < 4.78 is 13.5. The Morgan fingerprint density at radius 3 is 2.61 bits per heavy atom. The summed E-state index contributed by atoms with van der Waals surface area (Å²) in [4.78, 5) is 31.3. The van der Waals surface area contributed by atoms with Crippen LogP contribution in [0.3, 0.4) is 0 Å². The van der Waals surface area contributed by atoms with Crippen LogP contribution >= 0.6 is 0 Å². The minimum Gasteiger partial charge on any atom is -0.493 e. The molecule has 3 amide bonds. The fourth-order valence-electron chi connectivity index (χ4n) is 4.94. The monoisotopic (exact) mass is 520 g/mol. The van der Waals surface area contributed by atoms with Crippen molar-refractivity contribution in [2.45, 2.75) is 52.6 Å². The van der Waals surface area contributed by atoms with E-state index in [1.165, 1.54) is 0 Å². The van der Waals surface area contributed by atoms with Crippen LogP contribution in [0.25, 0.3) is 10.9 Å². The number of likely N-dealkylation sites (N-methyl/N-ethyl adjacent to an activating group) is 1. The van der Waals surface area contributed by atoms with Crippen LogP contribution in [0, 0.1) is 6.92 Å². The summed E-state index contributed by atoms with van der Waals surface area (Å²) in [5.74, 6) is 1.38. The molecule has 8 heteroatoms. The van der Waals surface area contributed by atoms with Crippen molar-refractivity contribution in [1.29, 1.82) is 0 Å². The van der Waals surface area contributed by atoms with Gasteiger partial charge in [-0.1, -0.05) is 25.8 Å². The molecule has 1 aromatic heterocycles. The van der Waals surface area contributed by atoms with Crippen LogP contribution in [0.1, 0.15) is 43.7 Å². The highest BCUT2D eigenvalue weighted by Crippen LogP contribution is 2.34. The molecule has 0 spiro atoms. The summed E-state index contributed by atoms with van der Waals surface area (Å²) in [6, 6.07) is 12.0. The first-order valence-electron chi connectivity index (χ1n) is 13.5. The third-order valence-corrected chi connectivity index (χ3v) is 7.06. The number of rotatable bonds is 11. The highest BCUT2D eigenvalue weighted by molar-refractivity contribution is 5.94. The van der Waals surface area contributed by atoms with Crippen molar-refractivity contribution in [2.75, 3.05) is 45.8 Å². The SMILES string of the molecule is CCCCCOc1cc(N2CCCN(Cc3cc(C)cc4c3ccn4CC(=O)N(C)C)C2=O)ccc1OC. The lowest BCUT2D eigenvalue weighted by Crippen LogP contribution is -2.49.